The quantitative estimate of drug-likeness (QED) is 0.667. The highest BCUT2D eigenvalue weighted by atomic mass is 32.2. The second kappa shape index (κ2) is 6.12. The number of amides is 1. The van der Waals surface area contributed by atoms with E-state index in [-0.39, 0.29) is 22.9 Å². The van der Waals surface area contributed by atoms with Gasteiger partial charge in [0.15, 0.2) is 5.76 Å². The summed E-state index contributed by atoms with van der Waals surface area (Å²) in [5.41, 5.74) is 5.43. The number of sulfonamides is 1. The molecule has 0 saturated heterocycles. The van der Waals surface area contributed by atoms with E-state index in [0.29, 0.717) is 0 Å². The van der Waals surface area contributed by atoms with Gasteiger partial charge in [-0.15, -0.1) is 0 Å². The minimum Gasteiger partial charge on any atom is -0.360 e. The van der Waals surface area contributed by atoms with Gasteiger partial charge in [0.2, 0.25) is 15.9 Å². The molecule has 1 aromatic rings. The Morgan fingerprint density at radius 1 is 1.43 bits per heavy atom. The molecule has 0 aliphatic heterocycles. The van der Waals surface area contributed by atoms with Gasteiger partial charge in [-0.3, -0.25) is 4.79 Å². The fourth-order valence-electron chi connectivity index (χ4n) is 1.67. The van der Waals surface area contributed by atoms with Crippen LogP contribution in [0.15, 0.2) is 9.42 Å². The van der Waals surface area contributed by atoms with Crippen molar-refractivity contribution in [2.45, 2.75) is 51.1 Å². The second-order valence-corrected chi connectivity index (χ2v) is 7.35. The summed E-state index contributed by atoms with van der Waals surface area (Å²) in [6, 6.07) is -0.939. The van der Waals surface area contributed by atoms with Crippen molar-refractivity contribution >= 4 is 15.9 Å². The van der Waals surface area contributed by atoms with E-state index in [4.69, 9.17) is 10.3 Å². The lowest BCUT2D eigenvalue weighted by Gasteiger charge is -2.21. The molecule has 1 heterocycles. The number of carbonyl (C=O) groups excluding carboxylic acids is 1. The third-order valence-electron chi connectivity index (χ3n) is 2.68. The number of hydrogen-bond acceptors (Lipinski definition) is 6. The molecule has 0 aliphatic rings. The lowest BCUT2D eigenvalue weighted by Crippen LogP contribution is -2.51. The van der Waals surface area contributed by atoms with Crippen LogP contribution in [0.5, 0.6) is 0 Å². The van der Waals surface area contributed by atoms with Crippen LogP contribution < -0.4 is 15.8 Å². The number of nitrogens with two attached hydrogens (primary N) is 1. The van der Waals surface area contributed by atoms with Crippen molar-refractivity contribution in [3.63, 3.8) is 0 Å². The van der Waals surface area contributed by atoms with Gasteiger partial charge in [0.25, 0.3) is 0 Å². The average molecular weight is 318 g/mol. The highest BCUT2D eigenvalue weighted by Crippen LogP contribution is 2.18. The van der Waals surface area contributed by atoms with Gasteiger partial charge in [0, 0.05) is 12.1 Å². The predicted octanol–water partition coefficient (Wildman–Crippen LogP) is -0.188. The summed E-state index contributed by atoms with van der Waals surface area (Å²) >= 11 is 0. The molecule has 0 spiro atoms. The fraction of sp³-hybridized carbons (Fsp3) is 0.667. The minimum absolute atomic E-state index is 0.0405. The van der Waals surface area contributed by atoms with Gasteiger partial charge in [-0.25, -0.2) is 8.42 Å². The Morgan fingerprint density at radius 3 is 2.43 bits per heavy atom. The first-order chi connectivity index (χ1) is 9.44. The number of nitrogens with zero attached hydrogens (tertiary/aromatic N) is 1. The fourth-order valence-corrected chi connectivity index (χ4v) is 3.20. The summed E-state index contributed by atoms with van der Waals surface area (Å²) in [6.07, 6.45) is 0. The molecule has 4 N–H and O–H groups in total. The van der Waals surface area contributed by atoms with Crippen molar-refractivity contribution in [1.82, 2.24) is 15.2 Å². The molecule has 0 saturated carbocycles. The molecular weight excluding hydrogens is 296 g/mol. The summed E-state index contributed by atoms with van der Waals surface area (Å²) in [4.78, 5) is 11.8. The van der Waals surface area contributed by atoms with Gasteiger partial charge in [-0.2, -0.15) is 4.72 Å². The van der Waals surface area contributed by atoms with Gasteiger partial charge in [0.1, 0.15) is 10.6 Å². The average Bonchev–Trinajstić information content (AvgIpc) is 2.64. The van der Waals surface area contributed by atoms with Crippen LogP contribution in [0, 0.1) is 13.8 Å². The largest absolute Gasteiger partial charge is 0.360 e. The van der Waals surface area contributed by atoms with Gasteiger partial charge in [-0.1, -0.05) is 5.16 Å². The van der Waals surface area contributed by atoms with Gasteiger partial charge in [-0.05, 0) is 34.6 Å². The van der Waals surface area contributed by atoms with Crippen LogP contribution in [0.1, 0.15) is 32.2 Å². The number of aromatic nitrogens is 1. The van der Waals surface area contributed by atoms with E-state index in [1.165, 1.54) is 20.8 Å². The molecule has 1 unspecified atom stereocenters. The van der Waals surface area contributed by atoms with Crippen LogP contribution in [0.4, 0.5) is 0 Å². The zero-order valence-electron chi connectivity index (χ0n) is 12.9. The Labute approximate surface area is 124 Å². The molecule has 9 heteroatoms. The maximum Gasteiger partial charge on any atom is 0.246 e. The molecule has 21 heavy (non-hydrogen) atoms. The number of nitrogens with one attached hydrogen (secondary N) is 2. The molecule has 0 bridgehead atoms. The van der Waals surface area contributed by atoms with Crippen molar-refractivity contribution < 1.29 is 17.7 Å². The Kier molecular flexibility index (Phi) is 5.13. The highest BCUT2D eigenvalue weighted by molar-refractivity contribution is 7.89. The van der Waals surface area contributed by atoms with Crippen molar-refractivity contribution in [2.24, 2.45) is 5.73 Å². The molecule has 8 nitrogen and oxygen atoms in total. The van der Waals surface area contributed by atoms with E-state index >= 15 is 0 Å². The molecule has 0 aliphatic carbocycles. The molecular formula is C12H22N4O4S. The summed E-state index contributed by atoms with van der Waals surface area (Å²) in [7, 11) is -3.87. The Morgan fingerprint density at radius 2 is 2.00 bits per heavy atom. The highest BCUT2D eigenvalue weighted by Gasteiger charge is 2.28. The lowest BCUT2D eigenvalue weighted by atomic mass is 10.1. The topological polar surface area (TPSA) is 127 Å². The number of carbonyl (C=O) groups is 1. The van der Waals surface area contributed by atoms with Crippen LogP contribution >= 0.6 is 0 Å². The van der Waals surface area contributed by atoms with E-state index in [1.807, 2.05) is 0 Å². The molecule has 1 rings (SSSR count). The van der Waals surface area contributed by atoms with Crippen LogP contribution in [-0.2, 0) is 14.8 Å². The zero-order valence-corrected chi connectivity index (χ0v) is 13.7. The molecule has 0 fully saturated rings. The van der Waals surface area contributed by atoms with Crippen molar-refractivity contribution in [3.05, 3.63) is 11.5 Å². The first kappa shape index (κ1) is 17.6. The lowest BCUT2D eigenvalue weighted by molar-refractivity contribution is -0.122. The third kappa shape index (κ3) is 4.80. The summed E-state index contributed by atoms with van der Waals surface area (Å²) in [5, 5.41) is 6.18. The molecule has 1 amide bonds. The van der Waals surface area contributed by atoms with E-state index in [9.17, 15) is 13.2 Å². The zero-order chi connectivity index (χ0) is 16.4. The van der Waals surface area contributed by atoms with Gasteiger partial charge < -0.3 is 15.6 Å². The maximum absolute atomic E-state index is 12.2. The van der Waals surface area contributed by atoms with E-state index in [0.717, 1.165) is 0 Å². The monoisotopic (exact) mass is 318 g/mol. The van der Waals surface area contributed by atoms with Crippen molar-refractivity contribution in [1.29, 1.82) is 0 Å². The number of aryl methyl sites for hydroxylation is 2. The molecule has 0 radical (unpaired) electrons. The van der Waals surface area contributed by atoms with Crippen molar-refractivity contribution in [2.75, 3.05) is 6.54 Å². The Bertz CT molecular complexity index is 596. The molecule has 1 aromatic heterocycles. The normalized spacial score (nSPS) is 14.0. The van der Waals surface area contributed by atoms with E-state index in [1.54, 1.807) is 13.8 Å². The molecule has 0 aromatic carbocycles. The first-order valence-corrected chi connectivity index (χ1v) is 7.94. The van der Waals surface area contributed by atoms with Gasteiger partial charge >= 0.3 is 0 Å². The second-order valence-electron chi connectivity index (χ2n) is 5.70. The van der Waals surface area contributed by atoms with Crippen molar-refractivity contribution in [3.8, 4) is 0 Å². The minimum atomic E-state index is -3.87. The van der Waals surface area contributed by atoms with E-state index < -0.39 is 27.5 Å². The summed E-state index contributed by atoms with van der Waals surface area (Å²) < 4.78 is 31.6. The Hall–Kier alpha value is -1.45. The first-order valence-electron chi connectivity index (χ1n) is 6.46. The van der Waals surface area contributed by atoms with Gasteiger partial charge in [0.05, 0.1) is 6.04 Å². The van der Waals surface area contributed by atoms with Crippen LogP contribution in [0.3, 0.4) is 0 Å². The number of rotatable bonds is 6. The van der Waals surface area contributed by atoms with E-state index in [2.05, 4.69) is 15.2 Å². The summed E-state index contributed by atoms with van der Waals surface area (Å²) in [6.45, 7) is 8.22. The SMILES string of the molecule is Cc1noc(C)c1S(=O)(=O)NC(C)C(=O)NCC(C)(C)N. The third-order valence-corrected chi connectivity index (χ3v) is 4.46. The van der Waals surface area contributed by atoms with Crippen LogP contribution in [-0.4, -0.2) is 37.6 Å². The predicted molar refractivity (Wildman–Crippen MR) is 77.0 cm³/mol. The standard InChI is InChI=1S/C12H22N4O4S/c1-7-10(9(3)20-15-7)21(18,19)16-8(2)11(17)14-6-12(4,5)13/h8,16H,6,13H2,1-5H3,(H,14,17). The molecule has 120 valence electrons. The maximum atomic E-state index is 12.2. The summed E-state index contributed by atoms with van der Waals surface area (Å²) in [5.74, 6) is -0.278. The van der Waals surface area contributed by atoms with Crippen LogP contribution in [0.25, 0.3) is 0 Å². The van der Waals surface area contributed by atoms with Crippen LogP contribution in [0.2, 0.25) is 0 Å². The molecule has 1 atom stereocenters. The Balaban J connectivity index is 2.78. The smallest absolute Gasteiger partial charge is 0.246 e. The number of hydrogen-bond donors (Lipinski definition) is 3.